The lowest BCUT2D eigenvalue weighted by molar-refractivity contribution is 0.344. The summed E-state index contributed by atoms with van der Waals surface area (Å²) in [6.07, 6.45) is 3.67. The van der Waals surface area contributed by atoms with Crippen LogP contribution in [0.4, 0.5) is 11.4 Å². The number of hydrogen-bond donors (Lipinski definition) is 1. The molecule has 0 fully saturated rings. The number of benzene rings is 1. The molecule has 0 amide bonds. The van der Waals surface area contributed by atoms with Crippen molar-refractivity contribution in [3.63, 3.8) is 0 Å². The Labute approximate surface area is 107 Å². The number of rotatable bonds is 4. The van der Waals surface area contributed by atoms with Gasteiger partial charge in [0, 0.05) is 18.8 Å². The van der Waals surface area contributed by atoms with E-state index >= 15 is 0 Å². The van der Waals surface area contributed by atoms with E-state index in [1.165, 1.54) is 0 Å². The third kappa shape index (κ3) is 2.53. The summed E-state index contributed by atoms with van der Waals surface area (Å²) in [5.74, 6) is 1.64. The first kappa shape index (κ1) is 12.2. The molecule has 0 bridgehead atoms. The Morgan fingerprint density at radius 1 is 1.33 bits per heavy atom. The second kappa shape index (κ2) is 5.40. The maximum Gasteiger partial charge on any atom is 0.146 e. The fourth-order valence-electron chi connectivity index (χ4n) is 1.82. The Morgan fingerprint density at radius 3 is 2.72 bits per heavy atom. The third-order valence-electron chi connectivity index (χ3n) is 2.65. The zero-order valence-electron chi connectivity index (χ0n) is 10.3. The lowest BCUT2D eigenvalue weighted by Crippen LogP contribution is -2.36. The Kier molecular flexibility index (Phi) is 3.67. The fraction of sp³-hybridized carbons (Fsp3) is 0.214. The van der Waals surface area contributed by atoms with E-state index in [-0.39, 0.29) is 0 Å². The number of amidine groups is 1. The molecule has 1 heterocycles. The van der Waals surface area contributed by atoms with Gasteiger partial charge in [-0.05, 0) is 18.2 Å². The van der Waals surface area contributed by atoms with Gasteiger partial charge < -0.3 is 15.4 Å². The predicted molar refractivity (Wildman–Crippen MR) is 75.4 cm³/mol. The number of nitrogens with two attached hydrogens (primary N) is 1. The molecule has 0 saturated heterocycles. The van der Waals surface area contributed by atoms with Crippen molar-refractivity contribution in [1.29, 1.82) is 0 Å². The van der Waals surface area contributed by atoms with Crippen molar-refractivity contribution in [2.75, 3.05) is 25.4 Å². The largest absolute Gasteiger partial charge is 0.483 e. The zero-order chi connectivity index (χ0) is 13.0. The molecule has 1 aromatic rings. The summed E-state index contributed by atoms with van der Waals surface area (Å²) in [6, 6.07) is 5.47. The summed E-state index contributed by atoms with van der Waals surface area (Å²) in [5.41, 5.74) is 7.20. The summed E-state index contributed by atoms with van der Waals surface area (Å²) in [5, 5.41) is 0. The number of anilines is 1. The van der Waals surface area contributed by atoms with Crippen molar-refractivity contribution in [3.8, 4) is 5.75 Å². The van der Waals surface area contributed by atoms with Crippen molar-refractivity contribution in [3.05, 3.63) is 43.5 Å². The van der Waals surface area contributed by atoms with Crippen molar-refractivity contribution in [1.82, 2.24) is 4.90 Å². The van der Waals surface area contributed by atoms with Gasteiger partial charge in [0.1, 0.15) is 23.9 Å². The van der Waals surface area contributed by atoms with Gasteiger partial charge in [0.2, 0.25) is 0 Å². The number of hydrogen-bond acceptors (Lipinski definition) is 4. The molecule has 0 spiro atoms. The average molecular weight is 243 g/mol. The molecule has 1 aromatic carbocycles. The van der Waals surface area contributed by atoms with Gasteiger partial charge in [0.05, 0.1) is 0 Å². The number of nitrogen functional groups attached to an aromatic ring is 1. The SMILES string of the molecule is C=CCN(CC=C)C1=Nc2cc(N)ccc2OC1. The highest BCUT2D eigenvalue weighted by Crippen LogP contribution is 2.32. The average Bonchev–Trinajstić information content (AvgIpc) is 2.37. The second-order valence-corrected chi connectivity index (χ2v) is 4.03. The van der Waals surface area contributed by atoms with Crippen LogP contribution in [0.15, 0.2) is 48.5 Å². The van der Waals surface area contributed by atoms with E-state index in [1.54, 1.807) is 0 Å². The Morgan fingerprint density at radius 2 is 2.06 bits per heavy atom. The lowest BCUT2D eigenvalue weighted by Gasteiger charge is -2.26. The molecule has 0 saturated carbocycles. The van der Waals surface area contributed by atoms with Crippen LogP contribution >= 0.6 is 0 Å². The van der Waals surface area contributed by atoms with Crippen molar-refractivity contribution < 1.29 is 4.74 Å². The van der Waals surface area contributed by atoms with Gasteiger partial charge in [-0.1, -0.05) is 12.2 Å². The molecule has 0 radical (unpaired) electrons. The molecule has 4 heteroatoms. The van der Waals surface area contributed by atoms with Gasteiger partial charge in [-0.3, -0.25) is 0 Å². The first-order valence-corrected chi connectivity index (χ1v) is 5.81. The van der Waals surface area contributed by atoms with E-state index in [9.17, 15) is 0 Å². The highest BCUT2D eigenvalue weighted by Gasteiger charge is 2.17. The molecule has 2 N–H and O–H groups in total. The van der Waals surface area contributed by atoms with Crippen LogP contribution in [0, 0.1) is 0 Å². The minimum Gasteiger partial charge on any atom is -0.483 e. The Hall–Kier alpha value is -2.23. The second-order valence-electron chi connectivity index (χ2n) is 4.03. The third-order valence-corrected chi connectivity index (χ3v) is 2.65. The van der Waals surface area contributed by atoms with Gasteiger partial charge in [0.25, 0.3) is 0 Å². The van der Waals surface area contributed by atoms with E-state index in [1.807, 2.05) is 30.4 Å². The molecule has 1 aliphatic heterocycles. The highest BCUT2D eigenvalue weighted by molar-refractivity contribution is 5.89. The van der Waals surface area contributed by atoms with Crippen molar-refractivity contribution in [2.24, 2.45) is 4.99 Å². The molecular weight excluding hydrogens is 226 g/mol. The van der Waals surface area contributed by atoms with Crippen LogP contribution in [-0.2, 0) is 0 Å². The van der Waals surface area contributed by atoms with Gasteiger partial charge in [0.15, 0.2) is 0 Å². The number of nitrogens with zero attached hydrogens (tertiary/aromatic N) is 2. The van der Waals surface area contributed by atoms with Crippen LogP contribution in [-0.4, -0.2) is 30.4 Å². The van der Waals surface area contributed by atoms with E-state index < -0.39 is 0 Å². The first-order chi connectivity index (χ1) is 8.74. The van der Waals surface area contributed by atoms with Crippen LogP contribution in [0.3, 0.4) is 0 Å². The molecule has 1 aliphatic rings. The van der Waals surface area contributed by atoms with Gasteiger partial charge in [-0.15, -0.1) is 13.2 Å². The molecule has 0 unspecified atom stereocenters. The quantitative estimate of drug-likeness (QED) is 0.652. The normalized spacial score (nSPS) is 13.0. The summed E-state index contributed by atoms with van der Waals surface area (Å²) in [7, 11) is 0. The lowest BCUT2D eigenvalue weighted by atomic mass is 10.2. The van der Waals surface area contributed by atoms with E-state index in [4.69, 9.17) is 10.5 Å². The zero-order valence-corrected chi connectivity index (χ0v) is 10.3. The smallest absolute Gasteiger partial charge is 0.146 e. The maximum absolute atomic E-state index is 5.75. The predicted octanol–water partition coefficient (Wildman–Crippen LogP) is 2.37. The number of fused-ring (bicyclic) bond motifs is 1. The van der Waals surface area contributed by atoms with E-state index in [0.717, 1.165) is 17.3 Å². The number of ether oxygens (including phenoxy) is 1. The molecule has 2 rings (SSSR count). The van der Waals surface area contributed by atoms with E-state index in [2.05, 4.69) is 23.1 Å². The highest BCUT2D eigenvalue weighted by atomic mass is 16.5. The minimum absolute atomic E-state index is 0.457. The topological polar surface area (TPSA) is 50.8 Å². The molecule has 94 valence electrons. The molecule has 18 heavy (non-hydrogen) atoms. The fourth-order valence-corrected chi connectivity index (χ4v) is 1.82. The van der Waals surface area contributed by atoms with Gasteiger partial charge in [-0.25, -0.2) is 4.99 Å². The standard InChI is InChI=1S/C14H17N3O/c1-3-7-17(8-4-2)14-10-18-13-6-5-11(15)9-12(13)16-14/h3-6,9H,1-2,7-8,10,15H2. The summed E-state index contributed by atoms with van der Waals surface area (Å²) in [6.45, 7) is 9.37. The monoisotopic (exact) mass is 243 g/mol. The van der Waals surface area contributed by atoms with Crippen LogP contribution in [0.1, 0.15) is 0 Å². The van der Waals surface area contributed by atoms with Crippen LogP contribution in [0.25, 0.3) is 0 Å². The van der Waals surface area contributed by atoms with Crippen LogP contribution in [0.5, 0.6) is 5.75 Å². The molecule has 0 aliphatic carbocycles. The Balaban J connectivity index is 2.29. The minimum atomic E-state index is 0.457. The molecule has 4 nitrogen and oxygen atoms in total. The first-order valence-electron chi connectivity index (χ1n) is 5.81. The van der Waals surface area contributed by atoms with Crippen molar-refractivity contribution >= 4 is 17.2 Å². The molecular formula is C14H17N3O. The van der Waals surface area contributed by atoms with Crippen LogP contribution in [0.2, 0.25) is 0 Å². The maximum atomic E-state index is 5.75. The summed E-state index contributed by atoms with van der Waals surface area (Å²) >= 11 is 0. The summed E-state index contributed by atoms with van der Waals surface area (Å²) in [4.78, 5) is 6.65. The number of aliphatic imine (C=N–C) groups is 1. The Bertz CT molecular complexity index is 484. The molecule has 0 aromatic heterocycles. The molecule has 0 atom stereocenters. The van der Waals surface area contributed by atoms with Crippen molar-refractivity contribution in [2.45, 2.75) is 0 Å². The van der Waals surface area contributed by atoms with Gasteiger partial charge >= 0.3 is 0 Å². The summed E-state index contributed by atoms with van der Waals surface area (Å²) < 4.78 is 5.67. The van der Waals surface area contributed by atoms with Crippen LogP contribution < -0.4 is 10.5 Å². The van der Waals surface area contributed by atoms with E-state index in [0.29, 0.717) is 25.4 Å². The van der Waals surface area contributed by atoms with Gasteiger partial charge in [-0.2, -0.15) is 0 Å².